The molecule has 4 rings (SSSR count). The number of aromatic nitrogens is 3. The Bertz CT molecular complexity index is 940. The topological polar surface area (TPSA) is 91.9 Å². The molecule has 8 heteroatoms. The second-order valence-corrected chi connectivity index (χ2v) is 8.08. The summed E-state index contributed by atoms with van der Waals surface area (Å²) in [4.78, 5) is 4.63. The molecular formula is C16H17N5O2S. The smallest absolute Gasteiger partial charge is 0.245 e. The fourth-order valence-corrected chi connectivity index (χ4v) is 4.84. The highest BCUT2D eigenvalue weighted by molar-refractivity contribution is 7.89. The summed E-state index contributed by atoms with van der Waals surface area (Å²) in [5, 5.41) is 13.7. The molecule has 1 fully saturated rings. The Balaban J connectivity index is 1.72. The van der Waals surface area contributed by atoms with Crippen LogP contribution < -0.4 is 0 Å². The summed E-state index contributed by atoms with van der Waals surface area (Å²) in [6.45, 7) is 2.62. The van der Waals surface area contributed by atoms with Gasteiger partial charge in [-0.15, -0.1) is 0 Å². The number of benzene rings is 1. The van der Waals surface area contributed by atoms with E-state index in [1.54, 1.807) is 12.1 Å². The zero-order valence-electron chi connectivity index (χ0n) is 13.3. The standard InChI is InChI=1S/C16H17N5O2S/c1-11-16-18-15(12-6-7-12)19-20(16)8-9-21(11)24(22,23)14-5-3-2-4-13(14)10-17/h2-5,11-12H,6-9H2,1H3/t11-/m1/s1. The third-order valence-electron chi connectivity index (χ3n) is 4.59. The van der Waals surface area contributed by atoms with Crippen molar-refractivity contribution in [3.63, 3.8) is 0 Å². The minimum Gasteiger partial charge on any atom is -0.247 e. The van der Waals surface area contributed by atoms with Crippen molar-refractivity contribution in [2.75, 3.05) is 6.54 Å². The van der Waals surface area contributed by atoms with Crippen molar-refractivity contribution in [1.29, 1.82) is 5.26 Å². The van der Waals surface area contributed by atoms with Crippen LogP contribution in [0.4, 0.5) is 0 Å². The van der Waals surface area contributed by atoms with Gasteiger partial charge in [0, 0.05) is 12.5 Å². The van der Waals surface area contributed by atoms with Gasteiger partial charge in [0.15, 0.2) is 5.82 Å². The van der Waals surface area contributed by atoms with Crippen LogP contribution in [-0.4, -0.2) is 34.0 Å². The molecule has 1 saturated carbocycles. The summed E-state index contributed by atoms with van der Waals surface area (Å²) >= 11 is 0. The molecule has 0 saturated heterocycles. The third-order valence-corrected chi connectivity index (χ3v) is 6.62. The Kier molecular flexibility index (Phi) is 3.44. The molecular weight excluding hydrogens is 326 g/mol. The molecule has 124 valence electrons. The molecule has 0 N–H and O–H groups in total. The average Bonchev–Trinajstić information content (AvgIpc) is 3.34. The molecule has 2 heterocycles. The minimum absolute atomic E-state index is 0.0507. The Morgan fingerprint density at radius 2 is 2.00 bits per heavy atom. The highest BCUT2D eigenvalue weighted by Gasteiger charge is 2.38. The third kappa shape index (κ3) is 2.32. The summed E-state index contributed by atoms with van der Waals surface area (Å²) in [6.07, 6.45) is 2.21. The Morgan fingerprint density at radius 3 is 2.71 bits per heavy atom. The zero-order chi connectivity index (χ0) is 16.9. The van der Waals surface area contributed by atoms with Gasteiger partial charge in [-0.2, -0.15) is 14.7 Å². The first-order valence-corrected chi connectivity index (χ1v) is 9.42. The predicted molar refractivity (Wildman–Crippen MR) is 85.5 cm³/mol. The van der Waals surface area contributed by atoms with Crippen LogP contribution in [0.5, 0.6) is 0 Å². The van der Waals surface area contributed by atoms with Crippen LogP contribution in [-0.2, 0) is 16.6 Å². The zero-order valence-corrected chi connectivity index (χ0v) is 14.1. The second kappa shape index (κ2) is 5.40. The van der Waals surface area contributed by atoms with Gasteiger partial charge in [-0.05, 0) is 31.9 Å². The number of hydrogen-bond acceptors (Lipinski definition) is 5. The van der Waals surface area contributed by atoms with E-state index in [1.165, 1.54) is 16.4 Å². The monoisotopic (exact) mass is 343 g/mol. The van der Waals surface area contributed by atoms with Gasteiger partial charge in [0.2, 0.25) is 10.0 Å². The molecule has 1 aliphatic heterocycles. The van der Waals surface area contributed by atoms with E-state index in [4.69, 9.17) is 0 Å². The maximum atomic E-state index is 13.1. The lowest BCUT2D eigenvalue weighted by Gasteiger charge is -2.32. The number of nitriles is 1. The normalized spacial score (nSPS) is 21.2. The van der Waals surface area contributed by atoms with E-state index in [-0.39, 0.29) is 10.5 Å². The Hall–Kier alpha value is -2.24. The van der Waals surface area contributed by atoms with Crippen molar-refractivity contribution in [2.24, 2.45) is 0 Å². The van der Waals surface area contributed by atoms with Gasteiger partial charge in [0.25, 0.3) is 0 Å². The maximum absolute atomic E-state index is 13.1. The molecule has 0 bridgehead atoms. The molecule has 0 unspecified atom stereocenters. The summed E-state index contributed by atoms with van der Waals surface area (Å²) in [5.74, 6) is 1.94. The number of hydrogen-bond donors (Lipinski definition) is 0. The van der Waals surface area contributed by atoms with Gasteiger partial charge in [-0.25, -0.2) is 18.1 Å². The number of sulfonamides is 1. The molecule has 1 aliphatic carbocycles. The molecule has 0 radical (unpaired) electrons. The van der Waals surface area contributed by atoms with Crippen molar-refractivity contribution in [1.82, 2.24) is 19.1 Å². The lowest BCUT2D eigenvalue weighted by molar-refractivity contribution is 0.265. The van der Waals surface area contributed by atoms with E-state index in [1.807, 2.05) is 17.7 Å². The van der Waals surface area contributed by atoms with E-state index in [0.717, 1.165) is 18.7 Å². The van der Waals surface area contributed by atoms with Crippen LogP contribution in [0, 0.1) is 11.3 Å². The van der Waals surface area contributed by atoms with E-state index in [9.17, 15) is 13.7 Å². The first-order chi connectivity index (χ1) is 11.5. The van der Waals surface area contributed by atoms with Gasteiger partial charge in [-0.3, -0.25) is 0 Å². The Morgan fingerprint density at radius 1 is 1.25 bits per heavy atom. The van der Waals surface area contributed by atoms with Crippen LogP contribution in [0.15, 0.2) is 29.2 Å². The molecule has 1 aromatic heterocycles. The van der Waals surface area contributed by atoms with Crippen LogP contribution in [0.3, 0.4) is 0 Å². The molecule has 2 aliphatic rings. The van der Waals surface area contributed by atoms with Gasteiger partial charge >= 0.3 is 0 Å². The average molecular weight is 343 g/mol. The molecule has 1 aromatic carbocycles. The molecule has 0 spiro atoms. The van der Waals surface area contributed by atoms with Crippen LogP contribution in [0.2, 0.25) is 0 Å². The summed E-state index contributed by atoms with van der Waals surface area (Å²) < 4.78 is 29.4. The number of nitrogens with zero attached hydrogens (tertiary/aromatic N) is 5. The quantitative estimate of drug-likeness (QED) is 0.847. The molecule has 0 amide bonds. The van der Waals surface area contributed by atoms with Gasteiger partial charge in [0.05, 0.1) is 23.0 Å². The minimum atomic E-state index is -3.76. The van der Waals surface area contributed by atoms with E-state index in [0.29, 0.717) is 24.8 Å². The van der Waals surface area contributed by atoms with Crippen molar-refractivity contribution < 1.29 is 8.42 Å². The second-order valence-electron chi connectivity index (χ2n) is 6.23. The number of fused-ring (bicyclic) bond motifs is 1. The Labute approximate surface area is 140 Å². The summed E-state index contributed by atoms with van der Waals surface area (Å²) in [5.41, 5.74) is 0.162. The first kappa shape index (κ1) is 15.3. The largest absolute Gasteiger partial charge is 0.247 e. The van der Waals surface area contributed by atoms with Crippen LogP contribution >= 0.6 is 0 Å². The highest BCUT2D eigenvalue weighted by atomic mass is 32.2. The van der Waals surface area contributed by atoms with E-state index in [2.05, 4.69) is 10.1 Å². The van der Waals surface area contributed by atoms with Crippen molar-refractivity contribution >= 4 is 10.0 Å². The van der Waals surface area contributed by atoms with Crippen molar-refractivity contribution in [2.45, 2.75) is 43.2 Å². The predicted octanol–water partition coefficient (Wildman–Crippen LogP) is 1.79. The maximum Gasteiger partial charge on any atom is 0.245 e. The van der Waals surface area contributed by atoms with E-state index < -0.39 is 16.1 Å². The van der Waals surface area contributed by atoms with Crippen molar-refractivity contribution in [3.8, 4) is 6.07 Å². The fourth-order valence-electron chi connectivity index (χ4n) is 3.11. The lowest BCUT2D eigenvalue weighted by Crippen LogP contribution is -2.41. The SMILES string of the molecule is C[C@@H]1c2nc(C3CC3)nn2CCN1S(=O)(=O)c1ccccc1C#N. The molecule has 2 aromatic rings. The summed E-state index contributed by atoms with van der Waals surface area (Å²) in [7, 11) is -3.76. The number of rotatable bonds is 3. The fraction of sp³-hybridized carbons (Fsp3) is 0.438. The first-order valence-electron chi connectivity index (χ1n) is 7.98. The van der Waals surface area contributed by atoms with Crippen LogP contribution in [0.25, 0.3) is 0 Å². The highest BCUT2D eigenvalue weighted by Crippen LogP contribution is 2.39. The van der Waals surface area contributed by atoms with Crippen molar-refractivity contribution in [3.05, 3.63) is 41.5 Å². The summed E-state index contributed by atoms with van der Waals surface area (Å²) in [6, 6.07) is 7.86. The van der Waals surface area contributed by atoms with Gasteiger partial charge in [0.1, 0.15) is 11.9 Å². The van der Waals surface area contributed by atoms with Crippen LogP contribution in [0.1, 0.15) is 48.9 Å². The molecule has 7 nitrogen and oxygen atoms in total. The van der Waals surface area contributed by atoms with Gasteiger partial charge in [-0.1, -0.05) is 12.1 Å². The molecule has 1 atom stereocenters. The van der Waals surface area contributed by atoms with E-state index >= 15 is 0 Å². The van der Waals surface area contributed by atoms with Gasteiger partial charge < -0.3 is 0 Å². The lowest BCUT2D eigenvalue weighted by atomic mass is 10.2. The molecule has 24 heavy (non-hydrogen) atoms.